The molecule has 0 atom stereocenters. The molecule has 2 aromatic carbocycles. The van der Waals surface area contributed by atoms with Crippen LogP contribution >= 0.6 is 21.6 Å². The molecule has 198 valence electrons. The molecule has 0 aliphatic carbocycles. The molecule has 0 amide bonds. The van der Waals surface area contributed by atoms with Crippen LogP contribution in [0.4, 0.5) is 11.4 Å². The van der Waals surface area contributed by atoms with E-state index in [0.29, 0.717) is 0 Å². The zero-order valence-corrected chi connectivity index (χ0v) is 26.9. The molecule has 0 radical (unpaired) electrons. The van der Waals surface area contributed by atoms with Crippen LogP contribution in [0, 0.1) is 0 Å². The Morgan fingerprint density at radius 3 is 1.03 bits per heavy atom. The fourth-order valence-electron chi connectivity index (χ4n) is 3.70. The van der Waals surface area contributed by atoms with Crippen LogP contribution in [0.3, 0.4) is 0 Å². The molecule has 36 heavy (non-hydrogen) atoms. The molecule has 0 spiro atoms. The Bertz CT molecular complexity index is 1130. The lowest BCUT2D eigenvalue weighted by Crippen LogP contribution is -2.17. The van der Waals surface area contributed by atoms with E-state index in [4.69, 9.17) is 0 Å². The van der Waals surface area contributed by atoms with Crippen molar-refractivity contribution in [2.45, 2.75) is 115 Å². The van der Waals surface area contributed by atoms with Crippen LogP contribution in [0.25, 0.3) is 0 Å². The zero-order valence-electron chi connectivity index (χ0n) is 23.7. The van der Waals surface area contributed by atoms with Crippen LogP contribution < -0.4 is 0 Å². The Labute approximate surface area is 233 Å². The molecule has 0 aliphatic heterocycles. The first-order valence-electron chi connectivity index (χ1n) is 12.0. The summed E-state index contributed by atoms with van der Waals surface area (Å²) in [5.74, 6) is 0. The van der Waals surface area contributed by atoms with Crippen LogP contribution in [-0.4, -0.2) is 8.42 Å². The van der Waals surface area contributed by atoms with Gasteiger partial charge in [0.05, 0.1) is 11.4 Å². The van der Waals surface area contributed by atoms with Gasteiger partial charge >= 0.3 is 0 Å². The lowest BCUT2D eigenvalue weighted by molar-refractivity contribution is 0.566. The topological polar surface area (TPSA) is 58.9 Å². The van der Waals surface area contributed by atoms with E-state index in [0.717, 1.165) is 32.3 Å². The Kier molecular flexibility index (Phi) is 9.70. The summed E-state index contributed by atoms with van der Waals surface area (Å²) in [6.45, 7) is 26.1. The summed E-state index contributed by atoms with van der Waals surface area (Å²) in [7, 11) is 3.16. The van der Waals surface area contributed by atoms with E-state index in [9.17, 15) is 8.42 Å². The summed E-state index contributed by atoms with van der Waals surface area (Å²) < 4.78 is 31.9. The van der Waals surface area contributed by atoms with E-state index in [1.165, 1.54) is 11.1 Å². The van der Waals surface area contributed by atoms with Gasteiger partial charge in [0, 0.05) is 9.79 Å². The second-order valence-corrected chi connectivity index (χ2v) is 16.1. The normalized spacial score (nSPS) is 12.9. The largest absolute Gasteiger partial charge is 0.205 e. The maximum absolute atomic E-state index is 11.6. The molecule has 0 aromatic heterocycles. The van der Waals surface area contributed by atoms with Crippen molar-refractivity contribution in [3.05, 3.63) is 46.5 Å². The number of nitrogens with zero attached hydrogens (tertiary/aromatic N) is 2. The SMILES string of the molecule is CC(C)(C)c1cc(SSc2cc(C(C)(C)C)cc(C(C)(C)C)c2N=S=O)c(N=S=O)c(C(C)(C)C)c1. The van der Waals surface area contributed by atoms with Gasteiger partial charge in [-0.2, -0.15) is 17.1 Å². The van der Waals surface area contributed by atoms with E-state index >= 15 is 0 Å². The highest BCUT2D eigenvalue weighted by Crippen LogP contribution is 2.51. The van der Waals surface area contributed by atoms with Crippen molar-refractivity contribution in [2.24, 2.45) is 8.73 Å². The van der Waals surface area contributed by atoms with Gasteiger partial charge in [-0.1, -0.05) is 117 Å². The van der Waals surface area contributed by atoms with Crippen LogP contribution in [0.5, 0.6) is 0 Å². The molecule has 8 heteroatoms. The van der Waals surface area contributed by atoms with Crippen molar-refractivity contribution in [3.63, 3.8) is 0 Å². The second-order valence-electron chi connectivity index (χ2n) is 13.2. The Morgan fingerprint density at radius 2 is 0.806 bits per heavy atom. The van der Waals surface area contributed by atoms with Gasteiger partial charge in [0.25, 0.3) is 0 Å². The first kappa shape index (κ1) is 31.0. The third-order valence-corrected chi connectivity index (χ3v) is 8.88. The summed E-state index contributed by atoms with van der Waals surface area (Å²) in [6.07, 6.45) is 0. The summed E-state index contributed by atoms with van der Waals surface area (Å²) in [4.78, 5) is 1.89. The van der Waals surface area contributed by atoms with Gasteiger partial charge in [0.15, 0.2) is 0 Å². The Balaban J connectivity index is 2.80. The molecule has 0 aliphatic rings. The third kappa shape index (κ3) is 7.65. The third-order valence-electron chi connectivity index (χ3n) is 5.98. The minimum absolute atomic E-state index is 0.0611. The van der Waals surface area contributed by atoms with Gasteiger partial charge in [-0.25, -0.2) is 0 Å². The van der Waals surface area contributed by atoms with Crippen LogP contribution in [0.15, 0.2) is 42.8 Å². The smallest absolute Gasteiger partial charge is 0.191 e. The number of hydrogen-bond donors (Lipinski definition) is 0. The number of rotatable bonds is 5. The van der Waals surface area contributed by atoms with Crippen molar-refractivity contribution in [2.75, 3.05) is 0 Å². The molecule has 0 unspecified atom stereocenters. The first-order valence-corrected chi connectivity index (χ1v) is 15.6. The molecule has 0 heterocycles. The van der Waals surface area contributed by atoms with Crippen molar-refractivity contribution in [1.82, 2.24) is 0 Å². The van der Waals surface area contributed by atoms with Gasteiger partial charge in [-0.05, 0) is 56.0 Å². The van der Waals surface area contributed by atoms with Gasteiger partial charge in [-0.3, -0.25) is 0 Å². The molecule has 0 bridgehead atoms. The molecule has 2 aromatic rings. The summed E-state index contributed by atoms with van der Waals surface area (Å²) in [6, 6.07) is 8.69. The van der Waals surface area contributed by atoms with Gasteiger partial charge < -0.3 is 0 Å². The molecular weight excluding hydrogens is 525 g/mol. The minimum atomic E-state index is -0.180. The Morgan fingerprint density at radius 1 is 0.500 bits per heavy atom. The lowest BCUT2D eigenvalue weighted by Gasteiger charge is -2.28. The van der Waals surface area contributed by atoms with Crippen LogP contribution in [0.2, 0.25) is 0 Å². The van der Waals surface area contributed by atoms with Gasteiger partial charge in [0.2, 0.25) is 22.9 Å². The average Bonchev–Trinajstić information content (AvgIpc) is 2.70. The van der Waals surface area contributed by atoms with Crippen LogP contribution in [0.1, 0.15) is 105 Å². The van der Waals surface area contributed by atoms with Crippen molar-refractivity contribution in [1.29, 1.82) is 0 Å². The molecule has 4 nitrogen and oxygen atoms in total. The predicted octanol–water partition coefficient (Wildman–Crippen LogP) is 9.73. The fraction of sp³-hybridized carbons (Fsp3) is 0.571. The monoisotopic (exact) mass is 564 g/mol. The average molecular weight is 565 g/mol. The minimum Gasteiger partial charge on any atom is -0.191 e. The molecule has 0 fully saturated rings. The van der Waals surface area contributed by atoms with Gasteiger partial charge in [-0.15, -0.1) is 0 Å². The second kappa shape index (κ2) is 11.3. The highest BCUT2D eigenvalue weighted by atomic mass is 33.1. The van der Waals surface area contributed by atoms with E-state index in [2.05, 4.69) is 116 Å². The molecule has 0 saturated carbocycles. The Hall–Kier alpha value is -1.22. The van der Waals surface area contributed by atoms with E-state index in [-0.39, 0.29) is 44.6 Å². The van der Waals surface area contributed by atoms with Crippen molar-refractivity contribution in [3.8, 4) is 0 Å². The summed E-state index contributed by atoms with van der Waals surface area (Å²) >= 11 is 0.493. The standard InChI is InChI=1S/C28H40N2O2S4/c1-25(2,3)17-13-19(27(7,8)9)23(29-35-31)21(15-17)33-34-22-16-18(26(4,5)6)14-20(28(10,11)12)24(22)30-36-32/h13-16H,1-12H3. The summed E-state index contributed by atoms with van der Waals surface area (Å²) in [5.41, 5.74) is 5.49. The highest BCUT2D eigenvalue weighted by Gasteiger charge is 2.28. The summed E-state index contributed by atoms with van der Waals surface area (Å²) in [5, 5.41) is 0. The van der Waals surface area contributed by atoms with E-state index in [1.54, 1.807) is 21.6 Å². The number of hydrogen-bond acceptors (Lipinski definition) is 6. The molecule has 0 saturated heterocycles. The van der Waals surface area contributed by atoms with Crippen molar-refractivity contribution >= 4 is 55.9 Å². The lowest BCUT2D eigenvalue weighted by atomic mass is 9.80. The predicted molar refractivity (Wildman–Crippen MR) is 160 cm³/mol. The fourth-order valence-corrected chi connectivity index (χ4v) is 6.66. The number of benzene rings is 2. The molecular formula is C28H40N2O2S4. The zero-order chi connectivity index (χ0) is 27.7. The molecule has 0 N–H and O–H groups in total. The first-order chi connectivity index (χ1) is 16.3. The maximum Gasteiger partial charge on any atom is 0.205 e. The highest BCUT2D eigenvalue weighted by molar-refractivity contribution is 8.76. The van der Waals surface area contributed by atoms with Crippen LogP contribution in [-0.2, 0) is 44.6 Å². The quantitative estimate of drug-likeness (QED) is 0.339. The van der Waals surface area contributed by atoms with E-state index in [1.807, 2.05) is 0 Å². The maximum atomic E-state index is 11.6. The van der Waals surface area contributed by atoms with Gasteiger partial charge in [0.1, 0.15) is 0 Å². The van der Waals surface area contributed by atoms with E-state index < -0.39 is 0 Å². The molecule has 2 rings (SSSR count). The van der Waals surface area contributed by atoms with Crippen molar-refractivity contribution < 1.29 is 8.42 Å².